The Morgan fingerprint density at radius 3 is 2.74 bits per heavy atom. The van der Waals surface area contributed by atoms with E-state index in [1.807, 2.05) is 43.5 Å². The Morgan fingerprint density at radius 1 is 1.19 bits per heavy atom. The van der Waals surface area contributed by atoms with Crippen LogP contribution in [0.1, 0.15) is 21.6 Å². The molecular formula is C19H17ClN6O. The van der Waals surface area contributed by atoms with Crippen LogP contribution in [-0.4, -0.2) is 42.2 Å². The summed E-state index contributed by atoms with van der Waals surface area (Å²) >= 11 is 6.33. The Kier molecular flexibility index (Phi) is 4.37. The van der Waals surface area contributed by atoms with Crippen molar-refractivity contribution in [3.63, 3.8) is 0 Å². The summed E-state index contributed by atoms with van der Waals surface area (Å²) in [6.45, 7) is 2.29. The lowest BCUT2D eigenvalue weighted by Gasteiger charge is -2.14. The lowest BCUT2D eigenvalue weighted by molar-refractivity contribution is 0.0779. The number of fused-ring (bicyclic) bond motifs is 1. The lowest BCUT2D eigenvalue weighted by Crippen LogP contribution is -2.26. The molecule has 0 aliphatic rings. The monoisotopic (exact) mass is 380 g/mol. The van der Waals surface area contributed by atoms with Gasteiger partial charge in [0.25, 0.3) is 5.91 Å². The van der Waals surface area contributed by atoms with E-state index in [0.717, 1.165) is 16.8 Å². The molecule has 0 spiro atoms. The fraction of sp³-hybridized carbons (Fsp3) is 0.158. The molecule has 1 amide bonds. The molecular weight excluding hydrogens is 364 g/mol. The van der Waals surface area contributed by atoms with Crippen LogP contribution in [0.3, 0.4) is 0 Å². The summed E-state index contributed by atoms with van der Waals surface area (Å²) in [6.07, 6.45) is 7.12. The van der Waals surface area contributed by atoms with Gasteiger partial charge in [-0.2, -0.15) is 10.2 Å². The average molecular weight is 381 g/mol. The second kappa shape index (κ2) is 6.85. The zero-order chi connectivity index (χ0) is 19.0. The van der Waals surface area contributed by atoms with Crippen molar-refractivity contribution in [3.05, 3.63) is 77.0 Å². The van der Waals surface area contributed by atoms with Crippen molar-refractivity contribution in [2.24, 2.45) is 0 Å². The van der Waals surface area contributed by atoms with Gasteiger partial charge in [0.05, 0.1) is 11.9 Å². The summed E-state index contributed by atoms with van der Waals surface area (Å²) in [5, 5.41) is 8.91. The highest BCUT2D eigenvalue weighted by Crippen LogP contribution is 2.22. The van der Waals surface area contributed by atoms with Crippen LogP contribution >= 0.6 is 11.6 Å². The third-order valence-corrected chi connectivity index (χ3v) is 4.52. The molecule has 7 nitrogen and oxygen atoms in total. The minimum Gasteiger partial charge on any atom is -0.336 e. The van der Waals surface area contributed by atoms with E-state index in [-0.39, 0.29) is 16.6 Å². The maximum atomic E-state index is 12.8. The maximum absolute atomic E-state index is 12.8. The van der Waals surface area contributed by atoms with Crippen LogP contribution in [0.5, 0.6) is 0 Å². The second-order valence-electron chi connectivity index (χ2n) is 6.35. The first-order valence-corrected chi connectivity index (χ1v) is 8.75. The first kappa shape index (κ1) is 17.2. The highest BCUT2D eigenvalue weighted by molar-refractivity contribution is 6.36. The van der Waals surface area contributed by atoms with Crippen LogP contribution < -0.4 is 0 Å². The van der Waals surface area contributed by atoms with Gasteiger partial charge in [-0.1, -0.05) is 29.8 Å². The van der Waals surface area contributed by atoms with Crippen molar-refractivity contribution in [2.45, 2.75) is 13.5 Å². The molecule has 4 aromatic rings. The first-order valence-electron chi connectivity index (χ1n) is 8.38. The van der Waals surface area contributed by atoms with Crippen molar-refractivity contribution < 1.29 is 4.79 Å². The molecule has 1 aromatic carbocycles. The SMILES string of the molecule is Cc1cnc2c(Cl)c(C(=O)N(C)Cc3cnn(-c4ccccc4)c3)nn2c1. The molecule has 136 valence electrons. The van der Waals surface area contributed by atoms with Crippen molar-refractivity contribution in [1.29, 1.82) is 0 Å². The van der Waals surface area contributed by atoms with Gasteiger partial charge in [-0.3, -0.25) is 4.79 Å². The highest BCUT2D eigenvalue weighted by atomic mass is 35.5. The van der Waals surface area contributed by atoms with Gasteiger partial charge in [-0.05, 0) is 24.6 Å². The number of carbonyl (C=O) groups is 1. The van der Waals surface area contributed by atoms with Crippen LogP contribution in [0.15, 0.2) is 55.1 Å². The number of aromatic nitrogens is 5. The highest BCUT2D eigenvalue weighted by Gasteiger charge is 2.22. The summed E-state index contributed by atoms with van der Waals surface area (Å²) in [5.74, 6) is -0.268. The normalized spacial score (nSPS) is 11.1. The number of hydrogen-bond donors (Lipinski definition) is 0. The Balaban J connectivity index is 1.55. The van der Waals surface area contributed by atoms with E-state index in [1.165, 1.54) is 4.52 Å². The zero-order valence-corrected chi connectivity index (χ0v) is 15.6. The summed E-state index contributed by atoms with van der Waals surface area (Å²) in [4.78, 5) is 18.6. The first-order chi connectivity index (χ1) is 13.0. The summed E-state index contributed by atoms with van der Waals surface area (Å²) in [6, 6.07) is 9.80. The molecule has 0 bridgehead atoms. The topological polar surface area (TPSA) is 68.3 Å². The third-order valence-electron chi connectivity index (χ3n) is 4.17. The van der Waals surface area contributed by atoms with Gasteiger partial charge in [0, 0.05) is 37.7 Å². The number of carbonyl (C=O) groups excluding carboxylic acids is 1. The van der Waals surface area contributed by atoms with E-state index in [2.05, 4.69) is 15.2 Å². The smallest absolute Gasteiger partial charge is 0.276 e. The molecule has 0 atom stereocenters. The quantitative estimate of drug-likeness (QED) is 0.545. The van der Waals surface area contributed by atoms with Crippen LogP contribution in [0, 0.1) is 6.92 Å². The zero-order valence-electron chi connectivity index (χ0n) is 14.9. The van der Waals surface area contributed by atoms with E-state index < -0.39 is 0 Å². The van der Waals surface area contributed by atoms with Gasteiger partial charge in [0.15, 0.2) is 11.3 Å². The van der Waals surface area contributed by atoms with Crippen molar-refractivity contribution in [1.82, 2.24) is 29.3 Å². The molecule has 0 saturated heterocycles. The molecule has 3 aromatic heterocycles. The van der Waals surface area contributed by atoms with Gasteiger partial charge < -0.3 is 4.90 Å². The summed E-state index contributed by atoms with van der Waals surface area (Å²) in [5.41, 5.74) is 3.46. The number of amides is 1. The summed E-state index contributed by atoms with van der Waals surface area (Å²) < 4.78 is 3.31. The van der Waals surface area contributed by atoms with Crippen LogP contribution in [-0.2, 0) is 6.54 Å². The fourth-order valence-corrected chi connectivity index (χ4v) is 3.08. The average Bonchev–Trinajstić information content (AvgIpc) is 3.26. The number of halogens is 1. The Hall–Kier alpha value is -3.19. The predicted molar refractivity (Wildman–Crippen MR) is 102 cm³/mol. The van der Waals surface area contributed by atoms with Crippen LogP contribution in [0.2, 0.25) is 5.02 Å². The van der Waals surface area contributed by atoms with Gasteiger partial charge in [0.1, 0.15) is 5.02 Å². The molecule has 8 heteroatoms. The van der Waals surface area contributed by atoms with Crippen molar-refractivity contribution in [2.75, 3.05) is 7.05 Å². The Labute approximate surface area is 160 Å². The number of aryl methyl sites for hydroxylation is 1. The minimum absolute atomic E-state index is 0.188. The molecule has 0 fully saturated rings. The van der Waals surface area contributed by atoms with E-state index in [1.54, 1.807) is 35.2 Å². The summed E-state index contributed by atoms with van der Waals surface area (Å²) in [7, 11) is 1.71. The predicted octanol–water partition coefficient (Wildman–Crippen LogP) is 3.15. The molecule has 0 aliphatic heterocycles. The fourth-order valence-electron chi connectivity index (χ4n) is 2.83. The van der Waals surface area contributed by atoms with Gasteiger partial charge in [-0.15, -0.1) is 0 Å². The number of nitrogens with zero attached hydrogens (tertiary/aromatic N) is 6. The van der Waals surface area contributed by atoms with Gasteiger partial charge in [0.2, 0.25) is 0 Å². The maximum Gasteiger partial charge on any atom is 0.276 e. The Bertz CT molecular complexity index is 1120. The van der Waals surface area contributed by atoms with E-state index >= 15 is 0 Å². The molecule has 27 heavy (non-hydrogen) atoms. The number of benzene rings is 1. The molecule has 0 radical (unpaired) electrons. The van der Waals surface area contributed by atoms with Gasteiger partial charge in [-0.25, -0.2) is 14.2 Å². The number of hydrogen-bond acceptors (Lipinski definition) is 4. The second-order valence-corrected chi connectivity index (χ2v) is 6.73. The number of para-hydroxylation sites is 1. The molecule has 3 heterocycles. The molecule has 0 N–H and O–H groups in total. The lowest BCUT2D eigenvalue weighted by atomic mass is 10.3. The van der Waals surface area contributed by atoms with Crippen LogP contribution in [0.4, 0.5) is 0 Å². The molecule has 0 saturated carbocycles. The standard InChI is InChI=1S/C19H17ClN6O/c1-13-8-21-18-16(20)17(23-26(18)10-13)19(27)24(2)11-14-9-22-25(12-14)15-6-4-3-5-7-15/h3-10,12H,11H2,1-2H3. The molecule has 4 rings (SSSR count). The van der Waals surface area contributed by atoms with Gasteiger partial charge >= 0.3 is 0 Å². The van der Waals surface area contributed by atoms with E-state index in [9.17, 15) is 4.79 Å². The minimum atomic E-state index is -0.268. The largest absolute Gasteiger partial charge is 0.336 e. The van der Waals surface area contributed by atoms with Crippen molar-refractivity contribution >= 4 is 23.2 Å². The van der Waals surface area contributed by atoms with Crippen LogP contribution in [0.25, 0.3) is 11.3 Å². The molecule has 0 unspecified atom stereocenters. The van der Waals surface area contributed by atoms with E-state index in [0.29, 0.717) is 12.2 Å². The number of rotatable bonds is 4. The third kappa shape index (κ3) is 3.29. The van der Waals surface area contributed by atoms with E-state index in [4.69, 9.17) is 11.6 Å². The van der Waals surface area contributed by atoms with Crippen molar-refractivity contribution in [3.8, 4) is 5.69 Å². The molecule has 0 aliphatic carbocycles. The Morgan fingerprint density at radius 2 is 1.96 bits per heavy atom.